The second kappa shape index (κ2) is 19.7. The predicted molar refractivity (Wildman–Crippen MR) is 264 cm³/mol. The van der Waals surface area contributed by atoms with Gasteiger partial charge in [0.1, 0.15) is 5.58 Å². The summed E-state index contributed by atoms with van der Waals surface area (Å²) in [6, 6.07) is 65.4. The fourth-order valence-corrected chi connectivity index (χ4v) is 8.42. The van der Waals surface area contributed by atoms with Crippen LogP contribution >= 0.6 is 0 Å². The van der Waals surface area contributed by atoms with E-state index in [-0.39, 0.29) is 20.1 Å². The number of fused-ring (bicyclic) bond motifs is 3. The number of benzene rings is 7. The molecule has 0 aliphatic heterocycles. The van der Waals surface area contributed by atoms with E-state index < -0.39 is 6.85 Å². The fourth-order valence-electron chi connectivity index (χ4n) is 8.42. The van der Waals surface area contributed by atoms with E-state index in [2.05, 4.69) is 136 Å². The molecule has 0 aliphatic carbocycles. The maximum Gasteiger partial charge on any atom is 0.130 e. The largest absolute Gasteiger partial charge is 0.500 e. The maximum absolute atomic E-state index is 10.3. The van der Waals surface area contributed by atoms with E-state index in [4.69, 9.17) is 13.5 Å². The zero-order chi connectivity index (χ0) is 46.7. The van der Waals surface area contributed by atoms with Crippen LogP contribution in [0.25, 0.3) is 89.0 Å². The molecule has 3 aromatic heterocycles. The van der Waals surface area contributed by atoms with Crippen LogP contribution in [0.15, 0.2) is 187 Å². The van der Waals surface area contributed by atoms with Gasteiger partial charge in [-0.2, -0.15) is 5.26 Å². The van der Waals surface area contributed by atoms with Gasteiger partial charge in [-0.1, -0.05) is 161 Å². The number of nitriles is 1. The summed E-state index contributed by atoms with van der Waals surface area (Å²) in [5, 5.41) is 12.2. The van der Waals surface area contributed by atoms with E-state index in [1.54, 1.807) is 18.3 Å². The van der Waals surface area contributed by atoms with Crippen molar-refractivity contribution < 1.29 is 28.6 Å². The Balaban J connectivity index is 0.000000312. The van der Waals surface area contributed by atoms with Gasteiger partial charge in [0.05, 0.1) is 17.2 Å². The van der Waals surface area contributed by atoms with E-state index in [0.29, 0.717) is 34.1 Å². The molecule has 0 amide bonds. The molecule has 7 aromatic carbocycles. The van der Waals surface area contributed by atoms with Crippen molar-refractivity contribution in [2.45, 2.75) is 46.4 Å². The molecule has 0 spiro atoms. The first-order chi connectivity index (χ1) is 32.5. The average molecular weight is 1020 g/mol. The van der Waals surface area contributed by atoms with Crippen LogP contribution < -0.4 is 0 Å². The summed E-state index contributed by atoms with van der Waals surface area (Å²) in [7, 11) is 0. The molecule has 10 rings (SSSR count). The number of hydrogen-bond donors (Lipinski definition) is 0. The third-order valence-electron chi connectivity index (χ3n) is 11.6. The van der Waals surface area contributed by atoms with E-state index in [9.17, 15) is 5.26 Å². The van der Waals surface area contributed by atoms with Crippen LogP contribution in [-0.4, -0.2) is 9.97 Å². The van der Waals surface area contributed by atoms with E-state index in [1.807, 2.05) is 72.9 Å². The van der Waals surface area contributed by atoms with Gasteiger partial charge in [-0.15, -0.1) is 53.6 Å². The van der Waals surface area contributed by atoms with Crippen LogP contribution in [-0.2, 0) is 20.1 Å². The Morgan fingerprint density at radius 3 is 1.85 bits per heavy atom. The first-order valence-corrected chi connectivity index (χ1v) is 21.6. The molecule has 65 heavy (non-hydrogen) atoms. The molecule has 0 bridgehead atoms. The molecular weight excluding hydrogens is 971 g/mol. The normalized spacial score (nSPS) is 11.9. The Morgan fingerprint density at radius 1 is 0.554 bits per heavy atom. The summed E-state index contributed by atoms with van der Waals surface area (Å²) in [5.74, 6) is 0.632. The number of rotatable bonds is 8. The standard InChI is InChI=1S/C48H37N2O.C12H10N.Ir/c1-30(2)42-26-38(33-15-9-6-10-16-33)27-43(31(3)4)46(42)36-23-24-50-44(28-36)41-20-12-19-39-40-22-21-37(29-49)45(48(40)51-47(39)41)35-18-11-17-34(25-35)32-13-7-5-8-14-32;1-10-5-7-11(8-6-10)12-4-2-3-9-13-12;/h5-19,21-28,30-31H,1-4H3;2-7,9H,1H3;/q2*-1;/i;1D3;. The fraction of sp³-hybridized carbons (Fsp3) is 0.117. The van der Waals surface area contributed by atoms with Gasteiger partial charge in [0, 0.05) is 47.6 Å². The van der Waals surface area contributed by atoms with Gasteiger partial charge in [0.2, 0.25) is 0 Å². The second-order valence-electron chi connectivity index (χ2n) is 16.5. The Morgan fingerprint density at radius 2 is 1.20 bits per heavy atom. The maximum atomic E-state index is 10.3. The summed E-state index contributed by atoms with van der Waals surface area (Å²) >= 11 is 0. The third-order valence-corrected chi connectivity index (χ3v) is 11.6. The molecule has 0 N–H and O–H groups in total. The van der Waals surface area contributed by atoms with E-state index in [1.165, 1.54) is 33.9 Å². The number of pyridine rings is 2. The Kier molecular flexibility index (Phi) is 12.3. The molecule has 0 aliphatic rings. The molecule has 5 heteroatoms. The van der Waals surface area contributed by atoms with Crippen LogP contribution in [0, 0.1) is 30.3 Å². The number of furan rings is 1. The van der Waals surface area contributed by atoms with Crippen molar-refractivity contribution in [2.24, 2.45) is 0 Å². The number of aromatic nitrogens is 2. The molecule has 0 atom stereocenters. The monoisotopic (exact) mass is 1020 g/mol. The summed E-state index contributed by atoms with van der Waals surface area (Å²) in [6.45, 7) is 7.01. The molecule has 0 unspecified atom stereocenters. The minimum absolute atomic E-state index is 0. The molecule has 3 heterocycles. The van der Waals surface area contributed by atoms with Gasteiger partial charge in [-0.25, -0.2) is 0 Å². The van der Waals surface area contributed by atoms with Crippen LogP contribution in [0.5, 0.6) is 0 Å². The Hall–Kier alpha value is -7.22. The molecule has 4 nitrogen and oxygen atoms in total. The van der Waals surface area contributed by atoms with Gasteiger partial charge >= 0.3 is 0 Å². The second-order valence-corrected chi connectivity index (χ2v) is 16.5. The Labute approximate surface area is 399 Å². The molecule has 10 aromatic rings. The van der Waals surface area contributed by atoms with Crippen molar-refractivity contribution in [3.05, 3.63) is 217 Å². The number of aryl methyl sites for hydroxylation is 1. The van der Waals surface area contributed by atoms with Crippen molar-refractivity contribution in [1.82, 2.24) is 9.97 Å². The van der Waals surface area contributed by atoms with Gasteiger partial charge < -0.3 is 14.4 Å². The van der Waals surface area contributed by atoms with Crippen LogP contribution in [0.4, 0.5) is 0 Å². The van der Waals surface area contributed by atoms with Crippen molar-refractivity contribution in [3.8, 4) is 73.1 Å². The number of nitrogens with zero attached hydrogens (tertiary/aromatic N) is 3. The number of hydrogen-bond acceptors (Lipinski definition) is 4. The van der Waals surface area contributed by atoms with Crippen molar-refractivity contribution in [2.75, 3.05) is 0 Å². The van der Waals surface area contributed by atoms with Crippen molar-refractivity contribution in [1.29, 1.82) is 5.26 Å². The van der Waals surface area contributed by atoms with Gasteiger partial charge in [0.15, 0.2) is 0 Å². The summed E-state index contributed by atoms with van der Waals surface area (Å²) in [5.41, 5.74) is 16.8. The molecule has 0 saturated heterocycles. The van der Waals surface area contributed by atoms with E-state index >= 15 is 0 Å². The van der Waals surface area contributed by atoms with Gasteiger partial charge in [-0.3, -0.25) is 0 Å². The van der Waals surface area contributed by atoms with Gasteiger partial charge in [0.25, 0.3) is 0 Å². The van der Waals surface area contributed by atoms with Crippen molar-refractivity contribution in [3.63, 3.8) is 0 Å². The molecule has 1 radical (unpaired) electrons. The topological polar surface area (TPSA) is 62.7 Å². The minimum atomic E-state index is -2.07. The smallest absolute Gasteiger partial charge is 0.130 e. The zero-order valence-electron chi connectivity index (χ0n) is 39.6. The minimum Gasteiger partial charge on any atom is -0.500 e. The average Bonchev–Trinajstić information content (AvgIpc) is 3.75. The summed E-state index contributed by atoms with van der Waals surface area (Å²) in [6.07, 6.45) is 3.59. The molecule has 0 saturated carbocycles. The van der Waals surface area contributed by atoms with Crippen LogP contribution in [0.1, 0.15) is 65.9 Å². The Bertz CT molecular complexity index is 3370. The van der Waals surface area contributed by atoms with Crippen molar-refractivity contribution >= 4 is 21.9 Å². The first kappa shape index (κ1) is 40.5. The first-order valence-electron chi connectivity index (χ1n) is 23.1. The summed E-state index contributed by atoms with van der Waals surface area (Å²) in [4.78, 5) is 9.05. The molecule has 0 fully saturated rings. The summed E-state index contributed by atoms with van der Waals surface area (Å²) < 4.78 is 28.6. The van der Waals surface area contributed by atoms with Crippen LogP contribution in [0.2, 0.25) is 0 Å². The third kappa shape index (κ3) is 9.24. The van der Waals surface area contributed by atoms with Crippen LogP contribution in [0.3, 0.4) is 0 Å². The zero-order valence-corrected chi connectivity index (χ0v) is 39.0. The van der Waals surface area contributed by atoms with Gasteiger partial charge in [-0.05, 0) is 97.6 Å². The van der Waals surface area contributed by atoms with E-state index in [0.717, 1.165) is 61.1 Å². The molecule has 319 valence electrons. The predicted octanol–water partition coefficient (Wildman–Crippen LogP) is 16.1. The SMILES string of the molecule is CC(C)c1cc(-c2ccccc2)cc(C(C)C)c1-c1ccnc(-c2[c-]ccc3c2oc2c(-c4cccc(-c5ccccc5)c4)c(C#N)ccc23)c1.[2H]C([2H])([2H])c1c[c-]c(-c2ccccn2)cc1.[Ir]. The quantitative estimate of drug-likeness (QED) is 0.142. The molecular formula is C60H47IrN3O-2.